The number of anilines is 1. The number of hydrogen-bond acceptors (Lipinski definition) is 4. The van der Waals surface area contributed by atoms with Crippen molar-refractivity contribution < 1.29 is 4.79 Å². The van der Waals surface area contributed by atoms with Crippen LogP contribution >= 0.6 is 23.4 Å². The maximum Gasteiger partial charge on any atom is 0.264 e. The summed E-state index contributed by atoms with van der Waals surface area (Å²) >= 11 is 7.24. The highest BCUT2D eigenvalue weighted by Crippen LogP contribution is 2.29. The van der Waals surface area contributed by atoms with Gasteiger partial charge < -0.3 is 10.2 Å². The number of halogens is 1. The molecular weight excluding hydrogens is 378 g/mol. The summed E-state index contributed by atoms with van der Waals surface area (Å²) in [6.45, 7) is 2.26. The van der Waals surface area contributed by atoms with Crippen molar-refractivity contribution in [3.8, 4) is 0 Å². The van der Waals surface area contributed by atoms with Gasteiger partial charge in [0.15, 0.2) is 5.17 Å². The molecule has 27 heavy (non-hydrogen) atoms. The first-order valence-electron chi connectivity index (χ1n) is 9.07. The predicted octanol–water partition coefficient (Wildman–Crippen LogP) is 5.22. The van der Waals surface area contributed by atoms with E-state index in [-0.39, 0.29) is 5.91 Å². The van der Waals surface area contributed by atoms with Gasteiger partial charge in [-0.1, -0.05) is 23.7 Å². The minimum atomic E-state index is -0.118. The zero-order chi connectivity index (χ0) is 18.6. The molecule has 2 fully saturated rings. The van der Waals surface area contributed by atoms with E-state index < -0.39 is 0 Å². The quantitative estimate of drug-likeness (QED) is 0.722. The molecule has 4 nitrogen and oxygen atoms in total. The van der Waals surface area contributed by atoms with Crippen LogP contribution in [-0.4, -0.2) is 24.2 Å². The van der Waals surface area contributed by atoms with Crippen molar-refractivity contribution in [1.29, 1.82) is 0 Å². The third kappa shape index (κ3) is 4.54. The molecule has 138 valence electrons. The number of hydrogen-bond donors (Lipinski definition) is 1. The molecule has 6 heteroatoms. The highest BCUT2D eigenvalue weighted by atomic mass is 35.5. The summed E-state index contributed by atoms with van der Waals surface area (Å²) < 4.78 is 0. The molecular formula is C21H20ClN3OS. The number of piperidine rings is 1. The van der Waals surface area contributed by atoms with E-state index in [1.807, 2.05) is 18.2 Å². The van der Waals surface area contributed by atoms with E-state index in [2.05, 4.69) is 39.5 Å². The Balaban J connectivity index is 1.47. The Kier molecular flexibility index (Phi) is 5.50. The molecule has 0 saturated carbocycles. The normalized spacial score (nSPS) is 20.3. The third-order valence-electron chi connectivity index (χ3n) is 4.62. The maximum absolute atomic E-state index is 12.2. The van der Waals surface area contributed by atoms with E-state index in [0.29, 0.717) is 15.1 Å². The zero-order valence-electron chi connectivity index (χ0n) is 14.8. The van der Waals surface area contributed by atoms with Gasteiger partial charge in [-0.2, -0.15) is 0 Å². The molecule has 0 aromatic heterocycles. The molecule has 4 rings (SSSR count). The first kappa shape index (κ1) is 18.1. The van der Waals surface area contributed by atoms with Gasteiger partial charge >= 0.3 is 0 Å². The number of rotatable bonds is 3. The highest BCUT2D eigenvalue weighted by Gasteiger charge is 2.23. The van der Waals surface area contributed by atoms with Crippen LogP contribution in [0.1, 0.15) is 24.8 Å². The van der Waals surface area contributed by atoms with Gasteiger partial charge in [-0.3, -0.25) is 4.79 Å². The van der Waals surface area contributed by atoms with Gasteiger partial charge in [0.25, 0.3) is 5.91 Å². The van der Waals surface area contributed by atoms with Crippen LogP contribution in [-0.2, 0) is 4.79 Å². The summed E-state index contributed by atoms with van der Waals surface area (Å²) in [5.74, 6) is -0.118. The fourth-order valence-corrected chi connectivity index (χ4v) is 4.17. The second-order valence-corrected chi connectivity index (χ2v) is 8.06. The number of nitrogens with one attached hydrogen (secondary N) is 1. The van der Waals surface area contributed by atoms with Gasteiger partial charge in [0, 0.05) is 23.8 Å². The third-order valence-corrected chi connectivity index (χ3v) is 5.78. The molecule has 0 aliphatic carbocycles. The van der Waals surface area contributed by atoms with E-state index in [1.54, 1.807) is 12.1 Å². The Hall–Kier alpha value is -2.24. The number of carbonyl (C=O) groups is 1. The first-order valence-corrected chi connectivity index (χ1v) is 10.3. The van der Waals surface area contributed by atoms with Gasteiger partial charge in [0.2, 0.25) is 0 Å². The molecule has 0 bridgehead atoms. The summed E-state index contributed by atoms with van der Waals surface area (Å²) in [7, 11) is 0. The number of amidine groups is 1. The van der Waals surface area contributed by atoms with Crippen LogP contribution in [0.4, 0.5) is 11.4 Å². The van der Waals surface area contributed by atoms with Crippen LogP contribution in [0.25, 0.3) is 6.08 Å². The second-order valence-electron chi connectivity index (χ2n) is 6.60. The van der Waals surface area contributed by atoms with E-state index in [0.717, 1.165) is 24.3 Å². The largest absolute Gasteiger partial charge is 0.372 e. The number of nitrogens with zero attached hydrogens (tertiary/aromatic N) is 2. The minimum absolute atomic E-state index is 0.118. The molecule has 1 amide bonds. The molecule has 2 aliphatic rings. The van der Waals surface area contributed by atoms with E-state index in [4.69, 9.17) is 11.6 Å². The van der Waals surface area contributed by atoms with Crippen LogP contribution in [0.15, 0.2) is 58.4 Å². The van der Waals surface area contributed by atoms with Crippen LogP contribution in [0.2, 0.25) is 5.02 Å². The van der Waals surface area contributed by atoms with Crippen LogP contribution in [0.5, 0.6) is 0 Å². The molecule has 2 saturated heterocycles. The lowest BCUT2D eigenvalue weighted by Crippen LogP contribution is -2.29. The van der Waals surface area contributed by atoms with Crippen molar-refractivity contribution in [1.82, 2.24) is 5.32 Å². The van der Waals surface area contributed by atoms with Crippen LogP contribution < -0.4 is 10.2 Å². The lowest BCUT2D eigenvalue weighted by atomic mass is 10.1. The number of aliphatic imine (C=N–C) groups is 1. The fourth-order valence-electron chi connectivity index (χ4n) is 3.20. The van der Waals surface area contributed by atoms with E-state index >= 15 is 0 Å². The molecule has 2 aromatic carbocycles. The average molecular weight is 398 g/mol. The Bertz CT molecular complexity index is 885. The lowest BCUT2D eigenvalue weighted by molar-refractivity contribution is -0.115. The van der Waals surface area contributed by atoms with Gasteiger partial charge in [-0.25, -0.2) is 4.99 Å². The second kappa shape index (κ2) is 8.19. The Morgan fingerprint density at radius 2 is 1.70 bits per heavy atom. The molecule has 0 unspecified atom stereocenters. The maximum atomic E-state index is 12.2. The Morgan fingerprint density at radius 3 is 2.41 bits per heavy atom. The standard InChI is InChI=1S/C21H20ClN3OS/c22-16-6-8-17(9-7-16)23-21-24-20(26)19(27-21)14-15-4-10-18(11-5-15)25-12-2-1-3-13-25/h4-11,14H,1-3,12-13H2,(H,23,24,26)/b19-14-. The molecule has 2 aliphatic heterocycles. The summed E-state index contributed by atoms with van der Waals surface area (Å²) in [6.07, 6.45) is 5.76. The summed E-state index contributed by atoms with van der Waals surface area (Å²) in [5.41, 5.74) is 3.03. The summed E-state index contributed by atoms with van der Waals surface area (Å²) in [6, 6.07) is 15.6. The smallest absolute Gasteiger partial charge is 0.264 e. The molecule has 0 radical (unpaired) electrons. The van der Waals surface area contributed by atoms with Crippen LogP contribution in [0.3, 0.4) is 0 Å². The van der Waals surface area contributed by atoms with E-state index in [9.17, 15) is 4.79 Å². The van der Waals surface area contributed by atoms with Crippen molar-refractivity contribution >= 4 is 51.9 Å². The van der Waals surface area contributed by atoms with Gasteiger partial charge in [0.1, 0.15) is 0 Å². The topological polar surface area (TPSA) is 44.7 Å². The lowest BCUT2D eigenvalue weighted by Gasteiger charge is -2.28. The van der Waals surface area contributed by atoms with Gasteiger partial charge in [-0.15, -0.1) is 0 Å². The van der Waals surface area contributed by atoms with Gasteiger partial charge in [0.05, 0.1) is 10.6 Å². The van der Waals surface area contributed by atoms with Crippen molar-refractivity contribution in [2.45, 2.75) is 19.3 Å². The van der Waals surface area contributed by atoms with Crippen molar-refractivity contribution in [2.75, 3.05) is 18.0 Å². The Morgan fingerprint density at radius 1 is 1.00 bits per heavy atom. The zero-order valence-corrected chi connectivity index (χ0v) is 16.4. The molecule has 2 aromatic rings. The van der Waals surface area contributed by atoms with Crippen molar-refractivity contribution in [3.63, 3.8) is 0 Å². The Labute approximate surface area is 168 Å². The first-order chi connectivity index (χ1) is 13.2. The SMILES string of the molecule is O=C1NC(=Nc2ccc(Cl)cc2)S/C1=C\c1ccc(N2CCCCC2)cc1. The summed E-state index contributed by atoms with van der Waals surface area (Å²) in [5, 5.41) is 4.06. The highest BCUT2D eigenvalue weighted by molar-refractivity contribution is 8.18. The van der Waals surface area contributed by atoms with Gasteiger partial charge in [-0.05, 0) is 79.1 Å². The number of benzene rings is 2. The fraction of sp³-hybridized carbons (Fsp3) is 0.238. The van der Waals surface area contributed by atoms with E-state index in [1.165, 1.54) is 36.7 Å². The molecule has 0 atom stereocenters. The molecule has 0 spiro atoms. The minimum Gasteiger partial charge on any atom is -0.372 e. The monoisotopic (exact) mass is 397 g/mol. The summed E-state index contributed by atoms with van der Waals surface area (Å²) in [4.78, 5) is 19.8. The predicted molar refractivity (Wildman–Crippen MR) is 115 cm³/mol. The number of carbonyl (C=O) groups excluding carboxylic acids is 1. The molecule has 1 N–H and O–H groups in total. The average Bonchev–Trinajstić information content (AvgIpc) is 3.04. The van der Waals surface area contributed by atoms with Crippen molar-refractivity contribution in [2.24, 2.45) is 4.99 Å². The van der Waals surface area contributed by atoms with Crippen LogP contribution in [0, 0.1) is 0 Å². The number of amides is 1. The number of thioether (sulfide) groups is 1. The molecule has 2 heterocycles. The van der Waals surface area contributed by atoms with Crippen molar-refractivity contribution in [3.05, 3.63) is 64.0 Å².